The second-order valence-electron chi connectivity index (χ2n) is 4.52. The molecule has 6 nitrogen and oxygen atoms in total. The second-order valence-corrected chi connectivity index (χ2v) is 6.20. The van der Waals surface area contributed by atoms with Gasteiger partial charge in [-0.25, -0.2) is 22.0 Å². The number of hydrogen-bond acceptors (Lipinski definition) is 3. The minimum absolute atomic E-state index is 0.110. The van der Waals surface area contributed by atoms with Crippen molar-refractivity contribution in [1.82, 2.24) is 9.97 Å². The summed E-state index contributed by atoms with van der Waals surface area (Å²) in [5.74, 6) is -2.24. The normalized spacial score (nSPS) is 11.7. The SMILES string of the molecule is O=c1[nH]c2ccc(S(=O)(=O)Nc3ccc(F)c(F)c3)cc2[nH]1. The molecule has 0 aliphatic rings. The highest BCUT2D eigenvalue weighted by molar-refractivity contribution is 7.92. The number of rotatable bonds is 3. The van der Waals surface area contributed by atoms with E-state index in [1.807, 2.05) is 0 Å². The van der Waals surface area contributed by atoms with Gasteiger partial charge in [-0.05, 0) is 30.3 Å². The Morgan fingerprint density at radius 3 is 2.36 bits per heavy atom. The van der Waals surface area contributed by atoms with Gasteiger partial charge in [-0.1, -0.05) is 0 Å². The Morgan fingerprint density at radius 2 is 1.64 bits per heavy atom. The number of aromatic nitrogens is 2. The molecule has 0 unspecified atom stereocenters. The van der Waals surface area contributed by atoms with Crippen molar-refractivity contribution in [2.24, 2.45) is 0 Å². The Morgan fingerprint density at radius 1 is 0.909 bits per heavy atom. The maximum Gasteiger partial charge on any atom is 0.323 e. The van der Waals surface area contributed by atoms with Crippen LogP contribution in [0, 0.1) is 11.6 Å². The molecule has 1 aromatic heterocycles. The average molecular weight is 325 g/mol. The van der Waals surface area contributed by atoms with Gasteiger partial charge in [0.15, 0.2) is 11.6 Å². The number of halogens is 2. The van der Waals surface area contributed by atoms with Crippen molar-refractivity contribution in [3.63, 3.8) is 0 Å². The smallest absolute Gasteiger partial charge is 0.306 e. The third-order valence-corrected chi connectivity index (χ3v) is 4.35. The van der Waals surface area contributed by atoms with Crippen LogP contribution in [0.5, 0.6) is 0 Å². The predicted octanol–water partition coefficient (Wildman–Crippen LogP) is 1.94. The van der Waals surface area contributed by atoms with E-state index in [9.17, 15) is 22.0 Å². The second kappa shape index (κ2) is 4.95. The van der Waals surface area contributed by atoms with E-state index in [0.29, 0.717) is 11.0 Å². The third kappa shape index (κ3) is 2.58. The van der Waals surface area contributed by atoms with Crippen LogP contribution in [0.25, 0.3) is 11.0 Å². The minimum atomic E-state index is -4.00. The number of anilines is 1. The molecule has 0 aliphatic carbocycles. The molecule has 0 aliphatic heterocycles. The number of H-pyrrole nitrogens is 2. The van der Waals surface area contributed by atoms with Crippen molar-refractivity contribution >= 4 is 26.7 Å². The zero-order valence-corrected chi connectivity index (χ0v) is 11.7. The van der Waals surface area contributed by atoms with Crippen molar-refractivity contribution in [2.75, 3.05) is 4.72 Å². The molecule has 3 rings (SSSR count). The van der Waals surface area contributed by atoms with Crippen LogP contribution in [0.15, 0.2) is 46.1 Å². The molecule has 0 saturated carbocycles. The summed E-state index contributed by atoms with van der Waals surface area (Å²) in [4.78, 5) is 16.0. The minimum Gasteiger partial charge on any atom is -0.306 e. The summed E-state index contributed by atoms with van der Waals surface area (Å²) in [5, 5.41) is 0. The predicted molar refractivity (Wildman–Crippen MR) is 76.1 cm³/mol. The molecule has 0 spiro atoms. The lowest BCUT2D eigenvalue weighted by Gasteiger charge is -2.08. The number of hydrogen-bond donors (Lipinski definition) is 3. The number of aromatic amines is 2. The summed E-state index contributed by atoms with van der Waals surface area (Å²) in [7, 11) is -4.00. The molecule has 2 aromatic carbocycles. The van der Waals surface area contributed by atoms with Gasteiger partial charge < -0.3 is 9.97 Å². The molecule has 0 saturated heterocycles. The van der Waals surface area contributed by atoms with Crippen LogP contribution in [-0.2, 0) is 10.0 Å². The molecule has 0 radical (unpaired) electrons. The highest BCUT2D eigenvalue weighted by Crippen LogP contribution is 2.20. The molecule has 0 bridgehead atoms. The van der Waals surface area contributed by atoms with Gasteiger partial charge in [-0.15, -0.1) is 0 Å². The molecule has 9 heteroatoms. The lowest BCUT2D eigenvalue weighted by atomic mass is 10.3. The lowest BCUT2D eigenvalue weighted by molar-refractivity contribution is 0.509. The summed E-state index contributed by atoms with van der Waals surface area (Å²) in [6, 6.07) is 6.63. The Bertz CT molecular complexity index is 1020. The van der Waals surface area contributed by atoms with Gasteiger partial charge in [-0.3, -0.25) is 4.72 Å². The molecule has 22 heavy (non-hydrogen) atoms. The van der Waals surface area contributed by atoms with Crippen LogP contribution in [0.4, 0.5) is 14.5 Å². The first kappa shape index (κ1) is 14.3. The molecule has 3 aromatic rings. The molecule has 0 fully saturated rings. The number of nitrogens with one attached hydrogen (secondary N) is 3. The van der Waals surface area contributed by atoms with Crippen LogP contribution in [0.3, 0.4) is 0 Å². The number of imidazole rings is 1. The van der Waals surface area contributed by atoms with E-state index in [4.69, 9.17) is 0 Å². The van der Waals surface area contributed by atoms with Gasteiger partial charge in [0.05, 0.1) is 21.6 Å². The van der Waals surface area contributed by atoms with E-state index in [1.165, 1.54) is 18.2 Å². The monoisotopic (exact) mass is 325 g/mol. The fourth-order valence-electron chi connectivity index (χ4n) is 1.95. The zero-order chi connectivity index (χ0) is 15.9. The Labute approximate surface area is 122 Å². The van der Waals surface area contributed by atoms with E-state index in [1.54, 1.807) is 0 Å². The van der Waals surface area contributed by atoms with Crippen molar-refractivity contribution in [1.29, 1.82) is 0 Å². The maximum absolute atomic E-state index is 13.1. The van der Waals surface area contributed by atoms with E-state index in [-0.39, 0.29) is 10.6 Å². The first-order valence-electron chi connectivity index (χ1n) is 6.05. The Kier molecular flexibility index (Phi) is 3.21. The van der Waals surface area contributed by atoms with Gasteiger partial charge in [0, 0.05) is 6.07 Å². The van der Waals surface area contributed by atoms with Gasteiger partial charge >= 0.3 is 5.69 Å². The fourth-order valence-corrected chi connectivity index (χ4v) is 3.03. The molecule has 114 valence electrons. The van der Waals surface area contributed by atoms with Crippen LogP contribution in [-0.4, -0.2) is 18.4 Å². The van der Waals surface area contributed by atoms with Gasteiger partial charge in [0.2, 0.25) is 0 Å². The van der Waals surface area contributed by atoms with E-state index < -0.39 is 27.3 Å². The lowest BCUT2D eigenvalue weighted by Crippen LogP contribution is -2.13. The van der Waals surface area contributed by atoms with Crippen LogP contribution < -0.4 is 10.4 Å². The molecule has 0 atom stereocenters. The molecular weight excluding hydrogens is 316 g/mol. The van der Waals surface area contributed by atoms with Gasteiger partial charge in [0.1, 0.15) is 0 Å². The highest BCUT2D eigenvalue weighted by atomic mass is 32.2. The summed E-state index contributed by atoms with van der Waals surface area (Å²) >= 11 is 0. The van der Waals surface area contributed by atoms with Crippen LogP contribution >= 0.6 is 0 Å². The molecule has 3 N–H and O–H groups in total. The third-order valence-electron chi connectivity index (χ3n) is 2.97. The van der Waals surface area contributed by atoms with Crippen molar-refractivity contribution < 1.29 is 17.2 Å². The molecule has 0 amide bonds. The fraction of sp³-hybridized carbons (Fsp3) is 0. The highest BCUT2D eigenvalue weighted by Gasteiger charge is 2.16. The van der Waals surface area contributed by atoms with Gasteiger partial charge in [0.25, 0.3) is 10.0 Å². The standard InChI is InChI=1S/C13H9F2N3O3S/c14-9-3-1-7(5-10(9)15)18-22(20,21)8-2-4-11-12(6-8)17-13(19)16-11/h1-6,18H,(H2,16,17,19). The quantitative estimate of drug-likeness (QED) is 0.687. The Balaban J connectivity index is 1.99. The first-order valence-corrected chi connectivity index (χ1v) is 7.53. The average Bonchev–Trinajstić information content (AvgIpc) is 2.81. The first-order chi connectivity index (χ1) is 10.3. The van der Waals surface area contributed by atoms with E-state index in [2.05, 4.69) is 14.7 Å². The number of fused-ring (bicyclic) bond motifs is 1. The van der Waals surface area contributed by atoms with E-state index in [0.717, 1.165) is 18.2 Å². The summed E-state index contributed by atoms with van der Waals surface area (Å²) < 4.78 is 52.5. The maximum atomic E-state index is 13.1. The zero-order valence-electron chi connectivity index (χ0n) is 10.9. The number of sulfonamides is 1. The molecule has 1 heterocycles. The van der Waals surface area contributed by atoms with Crippen molar-refractivity contribution in [3.8, 4) is 0 Å². The Hall–Kier alpha value is -2.68. The van der Waals surface area contributed by atoms with Crippen molar-refractivity contribution in [3.05, 3.63) is 58.5 Å². The largest absolute Gasteiger partial charge is 0.323 e. The summed E-state index contributed by atoms with van der Waals surface area (Å²) in [6.07, 6.45) is 0. The van der Waals surface area contributed by atoms with Crippen molar-refractivity contribution in [2.45, 2.75) is 4.90 Å². The number of benzene rings is 2. The van der Waals surface area contributed by atoms with E-state index >= 15 is 0 Å². The molecular formula is C13H9F2N3O3S. The summed E-state index contributed by atoms with van der Waals surface area (Å²) in [6.45, 7) is 0. The van der Waals surface area contributed by atoms with Gasteiger partial charge in [-0.2, -0.15) is 0 Å². The van der Waals surface area contributed by atoms with Crippen LogP contribution in [0.2, 0.25) is 0 Å². The topological polar surface area (TPSA) is 94.8 Å². The van der Waals surface area contributed by atoms with Crippen LogP contribution in [0.1, 0.15) is 0 Å². The summed E-state index contributed by atoms with van der Waals surface area (Å²) in [5.41, 5.74) is 0.203.